The highest BCUT2D eigenvalue weighted by Gasteiger charge is 2.40. The zero-order valence-corrected chi connectivity index (χ0v) is 15.4. The lowest BCUT2D eigenvalue weighted by atomic mass is 9.83. The summed E-state index contributed by atoms with van der Waals surface area (Å²) in [5.74, 6) is 2.01. The van der Waals surface area contributed by atoms with Gasteiger partial charge in [-0.1, -0.05) is 0 Å². The van der Waals surface area contributed by atoms with Crippen molar-refractivity contribution in [1.82, 2.24) is 25.1 Å². The maximum Gasteiger partial charge on any atom is 0.257 e. The van der Waals surface area contributed by atoms with Crippen molar-refractivity contribution in [2.24, 2.45) is 5.92 Å². The summed E-state index contributed by atoms with van der Waals surface area (Å²) in [6.07, 6.45) is 7.99. The van der Waals surface area contributed by atoms with Gasteiger partial charge in [-0.05, 0) is 38.6 Å². The van der Waals surface area contributed by atoms with E-state index in [0.29, 0.717) is 30.4 Å². The van der Waals surface area contributed by atoms with E-state index >= 15 is 0 Å². The predicted octanol–water partition coefficient (Wildman–Crippen LogP) is 1.03. The maximum atomic E-state index is 12.8. The first-order valence-electron chi connectivity index (χ1n) is 9.72. The second kappa shape index (κ2) is 7.31. The van der Waals surface area contributed by atoms with E-state index in [2.05, 4.69) is 15.3 Å². The number of amides is 2. The molecule has 2 saturated heterocycles. The van der Waals surface area contributed by atoms with Crippen molar-refractivity contribution < 1.29 is 9.59 Å². The Bertz CT molecular complexity index is 673. The Morgan fingerprint density at radius 2 is 2.00 bits per heavy atom. The van der Waals surface area contributed by atoms with Gasteiger partial charge in [0.05, 0.1) is 5.56 Å². The molecule has 140 valence electrons. The highest BCUT2D eigenvalue weighted by molar-refractivity contribution is 5.93. The second-order valence-corrected chi connectivity index (χ2v) is 7.70. The lowest BCUT2D eigenvalue weighted by Gasteiger charge is -2.47. The molecule has 2 aliphatic heterocycles. The van der Waals surface area contributed by atoms with Crippen LogP contribution in [0.4, 0.5) is 0 Å². The van der Waals surface area contributed by atoms with Crippen molar-refractivity contribution in [2.75, 3.05) is 33.2 Å². The van der Waals surface area contributed by atoms with Gasteiger partial charge in [0, 0.05) is 57.0 Å². The molecule has 1 aliphatic carbocycles. The molecule has 3 heterocycles. The van der Waals surface area contributed by atoms with Gasteiger partial charge < -0.3 is 15.1 Å². The molecule has 7 nitrogen and oxygen atoms in total. The van der Waals surface area contributed by atoms with E-state index in [-0.39, 0.29) is 17.9 Å². The fraction of sp³-hybridized carbons (Fsp3) is 0.684. The average molecular weight is 357 g/mol. The van der Waals surface area contributed by atoms with Gasteiger partial charge in [0.25, 0.3) is 5.91 Å². The summed E-state index contributed by atoms with van der Waals surface area (Å²) in [5.41, 5.74) is 0.576. The molecular formula is C19H27N5O2. The van der Waals surface area contributed by atoms with E-state index in [1.54, 1.807) is 12.4 Å². The lowest BCUT2D eigenvalue weighted by molar-refractivity contribution is -0.140. The molecule has 7 heteroatoms. The molecule has 1 aromatic heterocycles. The first kappa shape index (κ1) is 17.4. The lowest BCUT2D eigenvalue weighted by Crippen LogP contribution is -2.57. The third kappa shape index (κ3) is 3.45. The minimum absolute atomic E-state index is 0.0180. The van der Waals surface area contributed by atoms with Crippen molar-refractivity contribution in [3.05, 3.63) is 23.8 Å². The van der Waals surface area contributed by atoms with E-state index < -0.39 is 0 Å². The number of hydrogen-bond donors (Lipinski definition) is 1. The van der Waals surface area contributed by atoms with E-state index in [4.69, 9.17) is 0 Å². The first-order chi connectivity index (χ1) is 12.7. The molecule has 0 aromatic carbocycles. The van der Waals surface area contributed by atoms with Gasteiger partial charge in [-0.15, -0.1) is 0 Å². The summed E-state index contributed by atoms with van der Waals surface area (Å²) in [4.78, 5) is 37.8. The molecule has 1 N–H and O–H groups in total. The van der Waals surface area contributed by atoms with Crippen LogP contribution >= 0.6 is 0 Å². The average Bonchev–Trinajstić information content (AvgIpc) is 3.52. The Kier molecular flexibility index (Phi) is 4.89. The molecule has 0 unspecified atom stereocenters. The smallest absolute Gasteiger partial charge is 0.257 e. The predicted molar refractivity (Wildman–Crippen MR) is 96.7 cm³/mol. The molecule has 0 bridgehead atoms. The third-order valence-corrected chi connectivity index (χ3v) is 5.89. The Morgan fingerprint density at radius 3 is 2.69 bits per heavy atom. The summed E-state index contributed by atoms with van der Waals surface area (Å²) in [5, 5.41) is 3.12. The van der Waals surface area contributed by atoms with E-state index in [1.165, 1.54) is 0 Å². The fourth-order valence-corrected chi connectivity index (χ4v) is 4.24. The molecular weight excluding hydrogens is 330 g/mol. The molecule has 2 atom stereocenters. The largest absolute Gasteiger partial charge is 0.338 e. The number of likely N-dealkylation sites (N-methyl/N-ethyl adjacent to an activating group) is 1. The van der Waals surface area contributed by atoms with E-state index in [0.717, 1.165) is 51.1 Å². The topological polar surface area (TPSA) is 78.4 Å². The number of likely N-dealkylation sites (tertiary alicyclic amines) is 2. The van der Waals surface area contributed by atoms with Crippen molar-refractivity contribution in [1.29, 1.82) is 0 Å². The van der Waals surface area contributed by atoms with Gasteiger partial charge in [-0.2, -0.15) is 0 Å². The molecule has 2 amide bonds. The van der Waals surface area contributed by atoms with Crippen molar-refractivity contribution >= 4 is 11.8 Å². The fourth-order valence-electron chi connectivity index (χ4n) is 4.24. The number of aromatic nitrogens is 2. The molecule has 1 saturated carbocycles. The van der Waals surface area contributed by atoms with Gasteiger partial charge in [-0.25, -0.2) is 9.97 Å². The van der Waals surface area contributed by atoms with Gasteiger partial charge in [0.15, 0.2) is 0 Å². The molecule has 3 fully saturated rings. The van der Waals surface area contributed by atoms with Crippen LogP contribution in [0.25, 0.3) is 0 Å². The zero-order valence-electron chi connectivity index (χ0n) is 15.4. The zero-order chi connectivity index (χ0) is 18.1. The first-order valence-corrected chi connectivity index (χ1v) is 9.72. The van der Waals surface area contributed by atoms with Gasteiger partial charge in [0.2, 0.25) is 5.91 Å². The molecule has 26 heavy (non-hydrogen) atoms. The number of nitrogens with zero attached hydrogens (tertiary/aromatic N) is 4. The Labute approximate surface area is 154 Å². The quantitative estimate of drug-likeness (QED) is 0.851. The van der Waals surface area contributed by atoms with Gasteiger partial charge >= 0.3 is 0 Å². The van der Waals surface area contributed by atoms with Crippen molar-refractivity contribution in [2.45, 2.75) is 44.1 Å². The Hall–Kier alpha value is -2.02. The van der Waals surface area contributed by atoms with Crippen molar-refractivity contribution in [3.63, 3.8) is 0 Å². The number of nitrogens with one attached hydrogen (secondary N) is 1. The van der Waals surface area contributed by atoms with Gasteiger partial charge in [0.1, 0.15) is 5.82 Å². The molecule has 0 spiro atoms. The number of carbonyl (C=O) groups excluding carboxylic acids is 2. The molecule has 4 rings (SSSR count). The number of fused-ring (bicyclic) bond motifs is 1. The minimum Gasteiger partial charge on any atom is -0.338 e. The summed E-state index contributed by atoms with van der Waals surface area (Å²) < 4.78 is 0. The van der Waals surface area contributed by atoms with Crippen molar-refractivity contribution in [3.8, 4) is 0 Å². The number of piperidine rings is 2. The molecule has 0 radical (unpaired) electrons. The van der Waals surface area contributed by atoms with E-state index in [9.17, 15) is 9.59 Å². The Balaban J connectivity index is 1.40. The highest BCUT2D eigenvalue weighted by atomic mass is 16.2. The summed E-state index contributed by atoms with van der Waals surface area (Å²) in [6.45, 7) is 2.97. The normalized spacial score (nSPS) is 26.0. The van der Waals surface area contributed by atoms with Crippen LogP contribution in [0, 0.1) is 5.92 Å². The standard InChI is InChI=1S/C19H27N5O2/c1-20-7-9-24-16-6-8-23(12-14(16)4-5-17(24)25)19(26)15-10-21-18(22-11-15)13-2-3-13/h10-11,13-14,16,20H,2-9,12H2,1H3/t14-,16+/m0/s1. The van der Waals surface area contributed by atoms with Crippen LogP contribution in [0.1, 0.15) is 54.2 Å². The minimum atomic E-state index is 0.0180. The maximum absolute atomic E-state index is 12.8. The third-order valence-electron chi connectivity index (χ3n) is 5.89. The number of carbonyl (C=O) groups is 2. The summed E-state index contributed by atoms with van der Waals surface area (Å²) in [6, 6.07) is 0.266. The number of hydrogen-bond acceptors (Lipinski definition) is 5. The molecule has 3 aliphatic rings. The van der Waals surface area contributed by atoms with Crippen LogP contribution in [-0.2, 0) is 4.79 Å². The summed E-state index contributed by atoms with van der Waals surface area (Å²) >= 11 is 0. The Morgan fingerprint density at radius 1 is 1.23 bits per heavy atom. The number of rotatable bonds is 5. The van der Waals surface area contributed by atoms with Crippen LogP contribution in [0.2, 0.25) is 0 Å². The highest BCUT2D eigenvalue weighted by Crippen LogP contribution is 2.37. The van der Waals surface area contributed by atoms with Gasteiger partial charge in [-0.3, -0.25) is 9.59 Å². The van der Waals surface area contributed by atoms with E-state index in [1.807, 2.05) is 16.8 Å². The molecule has 1 aromatic rings. The summed E-state index contributed by atoms with van der Waals surface area (Å²) in [7, 11) is 1.91. The second-order valence-electron chi connectivity index (χ2n) is 7.70. The van der Waals surface area contributed by atoms with Crippen LogP contribution < -0.4 is 5.32 Å². The van der Waals surface area contributed by atoms with Crippen LogP contribution in [-0.4, -0.2) is 70.9 Å². The monoisotopic (exact) mass is 357 g/mol. The van der Waals surface area contributed by atoms with Crippen LogP contribution in [0.5, 0.6) is 0 Å². The van der Waals surface area contributed by atoms with Crippen LogP contribution in [0.15, 0.2) is 12.4 Å². The van der Waals surface area contributed by atoms with Crippen LogP contribution in [0.3, 0.4) is 0 Å². The SMILES string of the molecule is CNCCN1C(=O)CC[C@H]2CN(C(=O)c3cnc(C4CC4)nc3)CC[C@H]21.